The fraction of sp³-hybridized carbons (Fsp3) is 0.667. The van der Waals surface area contributed by atoms with E-state index in [2.05, 4.69) is 26.1 Å². The second-order valence-electron chi connectivity index (χ2n) is 6.67. The van der Waals surface area contributed by atoms with Crippen molar-refractivity contribution in [3.05, 3.63) is 11.6 Å². The number of fused-ring (bicyclic) bond motifs is 1. The summed E-state index contributed by atoms with van der Waals surface area (Å²) in [6.07, 6.45) is 2.09. The highest BCUT2D eigenvalue weighted by atomic mass is 16.2. The van der Waals surface area contributed by atoms with Gasteiger partial charge in [0.15, 0.2) is 0 Å². The summed E-state index contributed by atoms with van der Waals surface area (Å²) in [5, 5.41) is 10.8. The van der Waals surface area contributed by atoms with Gasteiger partial charge in [-0.15, -0.1) is 0 Å². The van der Waals surface area contributed by atoms with Crippen LogP contribution in [0.15, 0.2) is 0 Å². The smallest absolute Gasteiger partial charge is 0.322 e. The molecule has 3 heterocycles. The molecule has 2 aliphatic heterocycles. The van der Waals surface area contributed by atoms with Gasteiger partial charge < -0.3 is 10.6 Å². The Morgan fingerprint density at radius 1 is 1.44 bits per heavy atom. The first-order valence-corrected chi connectivity index (χ1v) is 8.42. The second-order valence-corrected chi connectivity index (χ2v) is 6.67. The zero-order valence-corrected chi connectivity index (χ0v) is 14.6. The minimum atomic E-state index is -0.970. The number of rotatable bonds is 5. The number of nitrogens with one attached hydrogen (secondary N) is 3. The van der Waals surface area contributed by atoms with Crippen LogP contribution in [-0.4, -0.2) is 55.7 Å². The molecule has 1 saturated heterocycles. The molecule has 136 valence electrons. The molecule has 0 saturated carbocycles. The largest absolute Gasteiger partial charge is 0.344 e. The van der Waals surface area contributed by atoms with Crippen LogP contribution in [0, 0.1) is 6.92 Å². The molecule has 1 aromatic rings. The highest BCUT2D eigenvalue weighted by Crippen LogP contribution is 2.19. The summed E-state index contributed by atoms with van der Waals surface area (Å²) in [5.74, 6) is 0.808. The molecule has 3 rings (SSSR count). The Bertz CT molecular complexity index is 716. The van der Waals surface area contributed by atoms with Gasteiger partial charge >= 0.3 is 6.03 Å². The molecule has 2 unspecified atom stereocenters. The number of hydrogen-bond acceptors (Lipinski definition) is 6. The summed E-state index contributed by atoms with van der Waals surface area (Å²) in [6.45, 7) is 5.93. The number of aryl methyl sites for hydroxylation is 2. The van der Waals surface area contributed by atoms with Gasteiger partial charge in [0.05, 0.1) is 13.1 Å². The molecule has 1 fully saturated rings. The number of carbonyl (C=O) groups excluding carboxylic acids is 3. The van der Waals surface area contributed by atoms with Crippen LogP contribution in [0.3, 0.4) is 0 Å². The van der Waals surface area contributed by atoms with Gasteiger partial charge in [-0.3, -0.25) is 15.0 Å². The SMILES string of the molecule is CCC1(C)NC(=O)N(NC(=O)CNC2CCc3nc(C)nn3C2)C1=O. The summed E-state index contributed by atoms with van der Waals surface area (Å²) in [4.78, 5) is 40.6. The molecule has 4 amide bonds. The van der Waals surface area contributed by atoms with E-state index in [0.717, 1.165) is 29.5 Å². The number of hydrazine groups is 1. The molecule has 0 spiro atoms. The lowest BCUT2D eigenvalue weighted by Crippen LogP contribution is -2.52. The van der Waals surface area contributed by atoms with Gasteiger partial charge in [-0.05, 0) is 26.7 Å². The van der Waals surface area contributed by atoms with Crippen LogP contribution in [-0.2, 0) is 22.6 Å². The molecule has 0 bridgehead atoms. The highest BCUT2D eigenvalue weighted by Gasteiger charge is 2.47. The average Bonchev–Trinajstić information content (AvgIpc) is 3.04. The predicted octanol–water partition coefficient (Wildman–Crippen LogP) is -0.757. The highest BCUT2D eigenvalue weighted by molar-refractivity contribution is 6.07. The molecule has 10 heteroatoms. The van der Waals surface area contributed by atoms with Crippen molar-refractivity contribution in [3.8, 4) is 0 Å². The molecule has 3 N–H and O–H groups in total. The zero-order chi connectivity index (χ0) is 18.2. The van der Waals surface area contributed by atoms with Crippen molar-refractivity contribution in [1.82, 2.24) is 35.8 Å². The van der Waals surface area contributed by atoms with Gasteiger partial charge in [-0.2, -0.15) is 10.1 Å². The summed E-state index contributed by atoms with van der Waals surface area (Å²) >= 11 is 0. The molecule has 2 atom stereocenters. The standard InChI is InChI=1S/C15H23N7O3/c1-4-15(3)13(24)22(14(25)18-15)20-12(23)7-16-10-5-6-11-17-9(2)19-21(11)8-10/h10,16H,4-8H2,1-3H3,(H,18,25)(H,20,23). The Morgan fingerprint density at radius 3 is 2.88 bits per heavy atom. The zero-order valence-electron chi connectivity index (χ0n) is 14.6. The number of hydrogen-bond donors (Lipinski definition) is 3. The van der Waals surface area contributed by atoms with Crippen molar-refractivity contribution in [2.45, 2.75) is 58.2 Å². The maximum absolute atomic E-state index is 12.2. The van der Waals surface area contributed by atoms with Crippen molar-refractivity contribution in [2.75, 3.05) is 6.54 Å². The second kappa shape index (κ2) is 6.43. The third-order valence-corrected chi connectivity index (χ3v) is 4.72. The Kier molecular flexibility index (Phi) is 4.46. The Morgan fingerprint density at radius 2 is 2.20 bits per heavy atom. The normalized spacial score (nSPS) is 25.7. The van der Waals surface area contributed by atoms with E-state index in [1.807, 2.05) is 11.6 Å². The van der Waals surface area contributed by atoms with Crippen LogP contribution in [0.1, 0.15) is 38.3 Å². The van der Waals surface area contributed by atoms with E-state index >= 15 is 0 Å². The van der Waals surface area contributed by atoms with Crippen LogP contribution >= 0.6 is 0 Å². The number of amides is 4. The van der Waals surface area contributed by atoms with E-state index in [1.165, 1.54) is 0 Å². The number of aromatic nitrogens is 3. The van der Waals surface area contributed by atoms with Crippen LogP contribution in [0.4, 0.5) is 4.79 Å². The molecule has 0 aliphatic carbocycles. The first kappa shape index (κ1) is 17.3. The lowest BCUT2D eigenvalue weighted by Gasteiger charge is -2.24. The number of imide groups is 1. The van der Waals surface area contributed by atoms with E-state index in [4.69, 9.17) is 0 Å². The summed E-state index contributed by atoms with van der Waals surface area (Å²) in [5.41, 5.74) is 1.40. The monoisotopic (exact) mass is 349 g/mol. The van der Waals surface area contributed by atoms with Gasteiger partial charge in [0.25, 0.3) is 11.8 Å². The Balaban J connectivity index is 1.51. The fourth-order valence-electron chi connectivity index (χ4n) is 3.03. The van der Waals surface area contributed by atoms with Gasteiger partial charge in [0.2, 0.25) is 0 Å². The maximum Gasteiger partial charge on any atom is 0.344 e. The van der Waals surface area contributed by atoms with E-state index < -0.39 is 23.4 Å². The maximum atomic E-state index is 12.2. The van der Waals surface area contributed by atoms with Crippen LogP contribution in [0.2, 0.25) is 0 Å². The van der Waals surface area contributed by atoms with Crippen molar-refractivity contribution < 1.29 is 14.4 Å². The molecule has 0 aromatic carbocycles. The Labute approximate surface area is 145 Å². The third-order valence-electron chi connectivity index (χ3n) is 4.72. The summed E-state index contributed by atoms with van der Waals surface area (Å²) in [7, 11) is 0. The molecule has 1 aromatic heterocycles. The van der Waals surface area contributed by atoms with Gasteiger partial charge in [-0.25, -0.2) is 14.5 Å². The first-order chi connectivity index (χ1) is 11.8. The minimum absolute atomic E-state index is 0.00752. The van der Waals surface area contributed by atoms with Crippen molar-refractivity contribution in [1.29, 1.82) is 0 Å². The molecular weight excluding hydrogens is 326 g/mol. The number of urea groups is 1. The van der Waals surface area contributed by atoms with E-state index in [-0.39, 0.29) is 12.6 Å². The first-order valence-electron chi connectivity index (χ1n) is 8.42. The van der Waals surface area contributed by atoms with E-state index in [0.29, 0.717) is 13.0 Å². The van der Waals surface area contributed by atoms with E-state index in [9.17, 15) is 14.4 Å². The van der Waals surface area contributed by atoms with Crippen LogP contribution < -0.4 is 16.1 Å². The van der Waals surface area contributed by atoms with Crippen molar-refractivity contribution in [3.63, 3.8) is 0 Å². The topological polar surface area (TPSA) is 121 Å². The van der Waals surface area contributed by atoms with Crippen molar-refractivity contribution in [2.24, 2.45) is 0 Å². The Hall–Kier alpha value is -2.49. The summed E-state index contributed by atoms with van der Waals surface area (Å²) < 4.78 is 1.85. The van der Waals surface area contributed by atoms with Gasteiger partial charge in [-0.1, -0.05) is 6.92 Å². The average molecular weight is 349 g/mol. The van der Waals surface area contributed by atoms with Crippen LogP contribution in [0.25, 0.3) is 0 Å². The quantitative estimate of drug-likeness (QED) is 0.601. The fourth-order valence-corrected chi connectivity index (χ4v) is 3.03. The molecule has 25 heavy (non-hydrogen) atoms. The molecule has 10 nitrogen and oxygen atoms in total. The van der Waals surface area contributed by atoms with Gasteiger partial charge in [0.1, 0.15) is 17.2 Å². The number of nitrogens with zero attached hydrogens (tertiary/aromatic N) is 4. The van der Waals surface area contributed by atoms with Crippen LogP contribution in [0.5, 0.6) is 0 Å². The lowest BCUT2D eigenvalue weighted by molar-refractivity contribution is -0.138. The molecule has 2 aliphatic rings. The third kappa shape index (κ3) is 3.34. The van der Waals surface area contributed by atoms with Gasteiger partial charge in [0, 0.05) is 12.5 Å². The molecular formula is C15H23N7O3. The van der Waals surface area contributed by atoms with E-state index in [1.54, 1.807) is 13.8 Å². The molecule has 0 radical (unpaired) electrons. The minimum Gasteiger partial charge on any atom is -0.322 e. The lowest BCUT2D eigenvalue weighted by atomic mass is 10.00. The summed E-state index contributed by atoms with van der Waals surface area (Å²) in [6, 6.07) is -0.522. The van der Waals surface area contributed by atoms with Crippen molar-refractivity contribution >= 4 is 17.8 Å². The number of carbonyl (C=O) groups is 3. The predicted molar refractivity (Wildman–Crippen MR) is 87.1 cm³/mol.